The Labute approximate surface area is 147 Å². The molecule has 130 valence electrons. The van der Waals surface area contributed by atoms with Crippen molar-refractivity contribution in [1.29, 1.82) is 0 Å². The van der Waals surface area contributed by atoms with Gasteiger partial charge in [-0.15, -0.1) is 12.4 Å². The van der Waals surface area contributed by atoms with Crippen LogP contribution < -0.4 is 5.73 Å². The Kier molecular flexibility index (Phi) is 6.73. The fourth-order valence-electron chi connectivity index (χ4n) is 2.90. The summed E-state index contributed by atoms with van der Waals surface area (Å²) in [5, 5.41) is 4.13. The van der Waals surface area contributed by atoms with Crippen molar-refractivity contribution in [3.63, 3.8) is 0 Å². The smallest absolute Gasteiger partial charge is 0.239 e. The summed E-state index contributed by atoms with van der Waals surface area (Å²) in [6, 6.07) is -0.390. The maximum Gasteiger partial charge on any atom is 0.239 e. The molecule has 0 bridgehead atoms. The van der Waals surface area contributed by atoms with Crippen LogP contribution in [0, 0.1) is 0 Å². The Hall–Kier alpha value is -0.790. The van der Waals surface area contributed by atoms with E-state index in [9.17, 15) is 4.79 Å². The molecule has 8 heteroatoms. The molecule has 1 aliphatic heterocycles. The van der Waals surface area contributed by atoms with Gasteiger partial charge in [0.2, 0.25) is 11.8 Å². The minimum atomic E-state index is -0.390. The van der Waals surface area contributed by atoms with Crippen LogP contribution in [0.1, 0.15) is 55.7 Å². The molecule has 3 rings (SSSR count). The van der Waals surface area contributed by atoms with Crippen molar-refractivity contribution in [1.82, 2.24) is 15.0 Å². The number of amides is 1. The molecular weight excluding hydrogens is 336 g/mol. The number of hydrogen-bond donors (Lipinski definition) is 1. The summed E-state index contributed by atoms with van der Waals surface area (Å²) in [4.78, 5) is 18.8. The first-order valence-corrected chi connectivity index (χ1v) is 9.45. The molecule has 2 atom stereocenters. The number of carbonyl (C=O) groups is 1. The van der Waals surface area contributed by atoms with Gasteiger partial charge in [-0.3, -0.25) is 4.79 Å². The predicted octanol–water partition coefficient (Wildman–Crippen LogP) is 2.16. The van der Waals surface area contributed by atoms with E-state index >= 15 is 0 Å². The highest BCUT2D eigenvalue weighted by molar-refractivity contribution is 7.98. The van der Waals surface area contributed by atoms with Crippen LogP contribution in [0.3, 0.4) is 0 Å². The van der Waals surface area contributed by atoms with E-state index in [0.717, 1.165) is 56.1 Å². The minimum absolute atomic E-state index is 0. The van der Waals surface area contributed by atoms with Crippen molar-refractivity contribution in [2.75, 3.05) is 25.1 Å². The van der Waals surface area contributed by atoms with Crippen LogP contribution in [0.5, 0.6) is 0 Å². The Morgan fingerprint density at radius 1 is 1.43 bits per heavy atom. The van der Waals surface area contributed by atoms with Crippen LogP contribution in [-0.4, -0.2) is 52.1 Å². The van der Waals surface area contributed by atoms with E-state index in [0.29, 0.717) is 12.5 Å². The van der Waals surface area contributed by atoms with E-state index in [2.05, 4.69) is 10.1 Å². The molecule has 2 heterocycles. The molecule has 0 spiro atoms. The molecule has 23 heavy (non-hydrogen) atoms. The molecule has 0 aromatic carbocycles. The zero-order valence-corrected chi connectivity index (χ0v) is 15.1. The standard InChI is InChI=1S/C15H24N4O2S.ClH/c1-22-8-6-12(16)15(20)19-7-2-3-11(9-19)13-17-14(21-18-13)10-4-5-10;/h10-12H,2-9,16H2,1H3;1H/t11?,12-;/m0./s1. The van der Waals surface area contributed by atoms with Crippen LogP contribution in [0.2, 0.25) is 0 Å². The van der Waals surface area contributed by atoms with Gasteiger partial charge in [-0.1, -0.05) is 5.16 Å². The lowest BCUT2D eigenvalue weighted by molar-refractivity contribution is -0.133. The van der Waals surface area contributed by atoms with Crippen molar-refractivity contribution in [2.45, 2.75) is 50.0 Å². The van der Waals surface area contributed by atoms with Crippen molar-refractivity contribution < 1.29 is 9.32 Å². The fourth-order valence-corrected chi connectivity index (χ4v) is 3.39. The lowest BCUT2D eigenvalue weighted by Crippen LogP contribution is -2.47. The Balaban J connectivity index is 0.00000192. The predicted molar refractivity (Wildman–Crippen MR) is 93.1 cm³/mol. The molecule has 1 saturated heterocycles. The van der Waals surface area contributed by atoms with E-state index in [1.807, 2.05) is 11.2 Å². The highest BCUT2D eigenvalue weighted by Crippen LogP contribution is 2.39. The molecule has 1 unspecified atom stereocenters. The van der Waals surface area contributed by atoms with Gasteiger partial charge in [-0.2, -0.15) is 16.7 Å². The van der Waals surface area contributed by atoms with Crippen molar-refractivity contribution in [2.24, 2.45) is 5.73 Å². The molecule has 6 nitrogen and oxygen atoms in total. The molecule has 0 radical (unpaired) electrons. The average Bonchev–Trinajstić information content (AvgIpc) is 3.29. The number of nitrogens with zero attached hydrogens (tertiary/aromatic N) is 3. The van der Waals surface area contributed by atoms with Crippen LogP contribution in [0.15, 0.2) is 4.52 Å². The summed E-state index contributed by atoms with van der Waals surface area (Å²) in [5.74, 6) is 3.17. The van der Waals surface area contributed by atoms with Crippen molar-refractivity contribution in [3.05, 3.63) is 11.7 Å². The Morgan fingerprint density at radius 2 is 2.22 bits per heavy atom. The van der Waals surface area contributed by atoms with Crippen LogP contribution in [-0.2, 0) is 4.79 Å². The first kappa shape index (κ1) is 18.5. The normalized spacial score (nSPS) is 22.5. The lowest BCUT2D eigenvalue weighted by Gasteiger charge is -2.33. The topological polar surface area (TPSA) is 85.3 Å². The van der Waals surface area contributed by atoms with E-state index in [4.69, 9.17) is 10.3 Å². The van der Waals surface area contributed by atoms with Gasteiger partial charge < -0.3 is 15.2 Å². The summed E-state index contributed by atoms with van der Waals surface area (Å²) >= 11 is 1.72. The number of likely N-dealkylation sites (tertiary alicyclic amines) is 1. The highest BCUT2D eigenvalue weighted by atomic mass is 35.5. The van der Waals surface area contributed by atoms with Gasteiger partial charge in [-0.05, 0) is 44.1 Å². The van der Waals surface area contributed by atoms with Crippen molar-refractivity contribution >= 4 is 30.1 Å². The number of aromatic nitrogens is 2. The number of nitrogens with two attached hydrogens (primary N) is 1. The molecule has 1 amide bonds. The SMILES string of the molecule is CSCC[C@H](N)C(=O)N1CCCC(c2noc(C3CC3)n2)C1.Cl. The number of hydrogen-bond acceptors (Lipinski definition) is 6. The molecule has 1 aliphatic carbocycles. The summed E-state index contributed by atoms with van der Waals surface area (Å²) < 4.78 is 5.35. The van der Waals surface area contributed by atoms with Gasteiger partial charge in [0.25, 0.3) is 0 Å². The first-order valence-electron chi connectivity index (χ1n) is 8.06. The van der Waals surface area contributed by atoms with Crippen LogP contribution in [0.4, 0.5) is 0 Å². The second-order valence-electron chi connectivity index (χ2n) is 6.28. The van der Waals surface area contributed by atoms with Crippen LogP contribution in [0.25, 0.3) is 0 Å². The van der Waals surface area contributed by atoms with E-state index in [1.54, 1.807) is 11.8 Å². The highest BCUT2D eigenvalue weighted by Gasteiger charge is 2.33. The summed E-state index contributed by atoms with van der Waals surface area (Å²) in [7, 11) is 0. The second kappa shape index (κ2) is 8.35. The van der Waals surface area contributed by atoms with Gasteiger partial charge in [0.1, 0.15) is 0 Å². The maximum atomic E-state index is 12.4. The zero-order chi connectivity index (χ0) is 15.5. The van der Waals surface area contributed by atoms with Crippen molar-refractivity contribution in [3.8, 4) is 0 Å². The quantitative estimate of drug-likeness (QED) is 0.836. The first-order chi connectivity index (χ1) is 10.7. The maximum absolute atomic E-state index is 12.4. The summed E-state index contributed by atoms with van der Waals surface area (Å²) in [6.45, 7) is 1.45. The molecular formula is C15H25ClN4O2S. The third kappa shape index (κ3) is 4.61. The zero-order valence-electron chi connectivity index (χ0n) is 13.4. The number of carbonyl (C=O) groups excluding carboxylic acids is 1. The molecule has 1 aromatic rings. The third-order valence-corrected chi connectivity index (χ3v) is 5.08. The summed E-state index contributed by atoms with van der Waals surface area (Å²) in [6.07, 6.45) is 7.05. The number of halogens is 1. The molecule has 2 N–H and O–H groups in total. The Bertz CT molecular complexity index is 523. The van der Waals surface area contributed by atoms with Gasteiger partial charge in [0.05, 0.1) is 6.04 Å². The monoisotopic (exact) mass is 360 g/mol. The van der Waals surface area contributed by atoms with Gasteiger partial charge in [0, 0.05) is 24.9 Å². The summed E-state index contributed by atoms with van der Waals surface area (Å²) in [5.41, 5.74) is 6.02. The number of thioether (sulfide) groups is 1. The molecule has 2 aliphatic rings. The number of rotatable bonds is 6. The molecule has 1 aromatic heterocycles. The largest absolute Gasteiger partial charge is 0.341 e. The average molecular weight is 361 g/mol. The van der Waals surface area contributed by atoms with Gasteiger partial charge in [0.15, 0.2) is 5.82 Å². The van der Waals surface area contributed by atoms with E-state index in [-0.39, 0.29) is 24.2 Å². The van der Waals surface area contributed by atoms with Gasteiger partial charge in [-0.25, -0.2) is 0 Å². The lowest BCUT2D eigenvalue weighted by atomic mass is 9.96. The van der Waals surface area contributed by atoms with E-state index < -0.39 is 6.04 Å². The van der Waals surface area contributed by atoms with Crippen LogP contribution >= 0.6 is 24.2 Å². The fraction of sp³-hybridized carbons (Fsp3) is 0.800. The van der Waals surface area contributed by atoms with E-state index in [1.165, 1.54) is 0 Å². The molecule has 1 saturated carbocycles. The second-order valence-corrected chi connectivity index (χ2v) is 7.26. The number of piperidine rings is 1. The molecule has 2 fully saturated rings. The Morgan fingerprint density at radius 3 is 2.91 bits per heavy atom. The minimum Gasteiger partial charge on any atom is -0.341 e. The van der Waals surface area contributed by atoms with Gasteiger partial charge >= 0.3 is 0 Å². The third-order valence-electron chi connectivity index (χ3n) is 4.43.